The zero-order valence-electron chi connectivity index (χ0n) is 18.7. The van der Waals surface area contributed by atoms with Crippen molar-refractivity contribution in [2.75, 3.05) is 91.2 Å². The zero-order chi connectivity index (χ0) is 21.2. The molecule has 0 aliphatic carbocycles. The molecule has 29 heavy (non-hydrogen) atoms. The molecule has 0 saturated carbocycles. The van der Waals surface area contributed by atoms with Crippen LogP contribution in [0.2, 0.25) is 0 Å². The highest BCUT2D eigenvalue weighted by Gasteiger charge is 2.36. The molecule has 1 saturated heterocycles. The van der Waals surface area contributed by atoms with E-state index in [1.165, 1.54) is 0 Å². The molecule has 0 bridgehead atoms. The molecule has 174 valence electrons. The fourth-order valence-corrected chi connectivity index (χ4v) is 3.97. The van der Waals surface area contributed by atoms with Gasteiger partial charge in [0.05, 0.1) is 71.7 Å². The summed E-state index contributed by atoms with van der Waals surface area (Å²) in [6, 6.07) is 0.0902. The molecule has 0 spiro atoms. The minimum atomic E-state index is -0.695. The van der Waals surface area contributed by atoms with Gasteiger partial charge in [0, 0.05) is 19.1 Å². The average Bonchev–Trinajstić information content (AvgIpc) is 2.74. The van der Waals surface area contributed by atoms with Crippen LogP contribution in [0.5, 0.6) is 0 Å². The van der Waals surface area contributed by atoms with Gasteiger partial charge in [-0.3, -0.25) is 4.90 Å². The Morgan fingerprint density at radius 3 is 1.48 bits per heavy atom. The molecule has 0 amide bonds. The summed E-state index contributed by atoms with van der Waals surface area (Å²) in [5.74, 6) is 1.02. The van der Waals surface area contributed by atoms with Gasteiger partial charge < -0.3 is 28.8 Å². The summed E-state index contributed by atoms with van der Waals surface area (Å²) in [5, 5.41) is 11.3. The summed E-state index contributed by atoms with van der Waals surface area (Å²) in [7, 11) is 0. The lowest BCUT2D eigenvalue weighted by Gasteiger charge is -2.42. The standard InChI is InChI=1S/C21H43NO6S/c1-4-21(23,5-2)20(6-19-29-3)22-7-9-24-11-13-26-15-17-28-18-16-27-14-12-25-10-8-22/h20,23H,4-19H2,1-3H3/t20-/m0/s1. The molecule has 1 N–H and O–H groups in total. The fourth-order valence-electron chi connectivity index (χ4n) is 3.51. The van der Waals surface area contributed by atoms with Gasteiger partial charge in [-0.1, -0.05) is 13.8 Å². The van der Waals surface area contributed by atoms with Crippen LogP contribution in [0.15, 0.2) is 0 Å². The molecule has 1 fully saturated rings. The first kappa shape index (κ1) is 27.1. The van der Waals surface area contributed by atoms with Crippen molar-refractivity contribution in [3.8, 4) is 0 Å². The Balaban J connectivity index is 2.68. The summed E-state index contributed by atoms with van der Waals surface area (Å²) in [5.41, 5.74) is -0.695. The highest BCUT2D eigenvalue weighted by Crippen LogP contribution is 2.27. The van der Waals surface area contributed by atoms with E-state index in [0.717, 1.165) is 38.1 Å². The Kier molecular flexibility index (Phi) is 16.6. The smallest absolute Gasteiger partial charge is 0.0797 e. The molecule has 0 aromatic rings. The van der Waals surface area contributed by atoms with Gasteiger partial charge in [-0.2, -0.15) is 11.8 Å². The monoisotopic (exact) mass is 437 g/mol. The van der Waals surface area contributed by atoms with E-state index in [0.29, 0.717) is 66.1 Å². The van der Waals surface area contributed by atoms with Crippen molar-refractivity contribution in [3.63, 3.8) is 0 Å². The maximum Gasteiger partial charge on any atom is 0.0797 e. The third-order valence-electron chi connectivity index (χ3n) is 5.41. The van der Waals surface area contributed by atoms with Crippen molar-refractivity contribution in [2.24, 2.45) is 0 Å². The predicted octanol–water partition coefficient (Wildman–Crippen LogP) is 2.06. The molecule has 8 heteroatoms. The van der Waals surface area contributed by atoms with Crippen LogP contribution in [0.25, 0.3) is 0 Å². The number of thioether (sulfide) groups is 1. The lowest BCUT2D eigenvalue weighted by molar-refractivity contribution is -0.0715. The van der Waals surface area contributed by atoms with E-state index in [1.54, 1.807) is 0 Å². The van der Waals surface area contributed by atoms with Crippen LogP contribution < -0.4 is 0 Å². The Bertz CT molecular complexity index is 355. The van der Waals surface area contributed by atoms with Crippen molar-refractivity contribution in [2.45, 2.75) is 44.8 Å². The Hall–Kier alpha value is 0.0700. The molecular formula is C21H43NO6S. The minimum Gasteiger partial charge on any atom is -0.388 e. The number of rotatable bonds is 7. The number of hydrogen-bond donors (Lipinski definition) is 1. The second-order valence-corrected chi connectivity index (χ2v) is 8.19. The van der Waals surface area contributed by atoms with Crippen LogP contribution in [0.1, 0.15) is 33.1 Å². The second-order valence-electron chi connectivity index (χ2n) is 7.21. The first-order valence-corrected chi connectivity index (χ1v) is 12.4. The Morgan fingerprint density at radius 1 is 0.759 bits per heavy atom. The van der Waals surface area contributed by atoms with E-state index in [-0.39, 0.29) is 6.04 Å². The van der Waals surface area contributed by atoms with E-state index >= 15 is 0 Å². The van der Waals surface area contributed by atoms with Crippen LogP contribution in [0.3, 0.4) is 0 Å². The van der Waals surface area contributed by atoms with E-state index in [1.807, 2.05) is 11.8 Å². The summed E-state index contributed by atoms with van der Waals surface area (Å²) in [6.07, 6.45) is 4.55. The van der Waals surface area contributed by atoms with Gasteiger partial charge >= 0.3 is 0 Å². The second kappa shape index (κ2) is 17.7. The molecular weight excluding hydrogens is 394 g/mol. The van der Waals surface area contributed by atoms with E-state index in [9.17, 15) is 5.11 Å². The molecule has 0 aromatic carbocycles. The van der Waals surface area contributed by atoms with Crippen molar-refractivity contribution >= 4 is 11.8 Å². The van der Waals surface area contributed by atoms with Crippen molar-refractivity contribution < 1.29 is 28.8 Å². The van der Waals surface area contributed by atoms with E-state index in [2.05, 4.69) is 25.0 Å². The molecule has 0 aromatic heterocycles. The summed E-state index contributed by atoms with van der Waals surface area (Å²) < 4.78 is 28.1. The topological polar surface area (TPSA) is 69.6 Å². The van der Waals surface area contributed by atoms with Crippen LogP contribution in [-0.4, -0.2) is 113 Å². The average molecular weight is 438 g/mol. The molecule has 0 radical (unpaired) electrons. The Labute approximate surface area is 181 Å². The molecule has 1 rings (SSSR count). The number of aliphatic hydroxyl groups is 1. The van der Waals surface area contributed by atoms with Crippen molar-refractivity contribution in [1.29, 1.82) is 0 Å². The summed E-state index contributed by atoms with van der Waals surface area (Å²) in [4.78, 5) is 2.35. The lowest BCUT2D eigenvalue weighted by Crippen LogP contribution is -2.54. The van der Waals surface area contributed by atoms with Gasteiger partial charge in [0.2, 0.25) is 0 Å². The first-order valence-electron chi connectivity index (χ1n) is 11.0. The lowest BCUT2D eigenvalue weighted by atomic mass is 9.85. The third-order valence-corrected chi connectivity index (χ3v) is 6.06. The number of nitrogens with zero attached hydrogens (tertiary/aromatic N) is 1. The summed E-state index contributed by atoms with van der Waals surface area (Å²) in [6.45, 7) is 11.4. The maximum atomic E-state index is 11.3. The SMILES string of the molecule is CCC(O)(CC)[C@H](CCSC)N1CCOCCOCCOCCOCCOCC1. The minimum absolute atomic E-state index is 0.0902. The predicted molar refractivity (Wildman–Crippen MR) is 118 cm³/mol. The molecule has 0 unspecified atom stereocenters. The molecule has 1 aliphatic heterocycles. The largest absolute Gasteiger partial charge is 0.388 e. The zero-order valence-corrected chi connectivity index (χ0v) is 19.6. The van der Waals surface area contributed by atoms with Gasteiger partial charge in [0.1, 0.15) is 0 Å². The molecule has 1 atom stereocenters. The number of ether oxygens (including phenoxy) is 5. The van der Waals surface area contributed by atoms with Crippen LogP contribution in [-0.2, 0) is 23.7 Å². The van der Waals surface area contributed by atoms with Crippen LogP contribution >= 0.6 is 11.8 Å². The fraction of sp³-hybridized carbons (Fsp3) is 1.00. The molecule has 1 aliphatic rings. The molecule has 7 nitrogen and oxygen atoms in total. The van der Waals surface area contributed by atoms with Gasteiger partial charge in [-0.05, 0) is 31.3 Å². The van der Waals surface area contributed by atoms with Gasteiger partial charge in [-0.15, -0.1) is 0 Å². The van der Waals surface area contributed by atoms with Crippen LogP contribution in [0.4, 0.5) is 0 Å². The van der Waals surface area contributed by atoms with E-state index < -0.39 is 5.60 Å². The van der Waals surface area contributed by atoms with Crippen molar-refractivity contribution in [1.82, 2.24) is 4.90 Å². The maximum absolute atomic E-state index is 11.3. The quantitative estimate of drug-likeness (QED) is 0.649. The highest BCUT2D eigenvalue weighted by atomic mass is 32.2. The van der Waals surface area contributed by atoms with Crippen molar-refractivity contribution in [3.05, 3.63) is 0 Å². The highest BCUT2D eigenvalue weighted by molar-refractivity contribution is 7.98. The number of hydrogen-bond acceptors (Lipinski definition) is 8. The van der Waals surface area contributed by atoms with Crippen LogP contribution in [0, 0.1) is 0 Å². The normalized spacial score (nSPS) is 21.9. The van der Waals surface area contributed by atoms with Gasteiger partial charge in [-0.25, -0.2) is 0 Å². The summed E-state index contributed by atoms with van der Waals surface area (Å²) >= 11 is 1.82. The Morgan fingerprint density at radius 2 is 1.14 bits per heavy atom. The van der Waals surface area contributed by atoms with Gasteiger partial charge in [0.15, 0.2) is 0 Å². The molecule has 1 heterocycles. The first-order chi connectivity index (χ1) is 14.2. The van der Waals surface area contributed by atoms with Gasteiger partial charge in [0.25, 0.3) is 0 Å². The van der Waals surface area contributed by atoms with E-state index in [4.69, 9.17) is 23.7 Å². The third kappa shape index (κ3) is 11.9.